The number of aromatic hydroxyl groups is 2. The minimum absolute atomic E-state index is 0.0471. The van der Waals surface area contributed by atoms with Crippen LogP contribution in [0.4, 0.5) is 5.69 Å². The fourth-order valence-electron chi connectivity index (χ4n) is 2.46. The molecule has 4 N–H and O–H groups in total. The number of carbonyl (C=O) groups excluding carboxylic acids is 1. The van der Waals surface area contributed by atoms with E-state index >= 15 is 0 Å². The summed E-state index contributed by atoms with van der Waals surface area (Å²) in [5.41, 5.74) is 3.17. The Bertz CT molecular complexity index is 698. The van der Waals surface area contributed by atoms with Crippen LogP contribution in [0.1, 0.15) is 21.5 Å². The number of phenolic OH excluding ortho intramolecular Hbond substituents is 2. The Morgan fingerprint density at radius 2 is 1.95 bits per heavy atom. The Hall–Kier alpha value is -2.53. The van der Waals surface area contributed by atoms with Crippen LogP contribution in [0, 0.1) is 0 Å². The number of rotatable bonds is 2. The van der Waals surface area contributed by atoms with E-state index in [0.717, 1.165) is 19.5 Å². The Morgan fingerprint density at radius 1 is 1.10 bits per heavy atom. The number of phenols is 2. The van der Waals surface area contributed by atoms with Gasteiger partial charge in [0.25, 0.3) is 5.91 Å². The second-order valence-electron chi connectivity index (χ2n) is 5.07. The summed E-state index contributed by atoms with van der Waals surface area (Å²) in [6.45, 7) is 1.76. The third kappa shape index (κ3) is 2.83. The molecule has 0 saturated carbocycles. The van der Waals surface area contributed by atoms with Gasteiger partial charge in [0.15, 0.2) is 0 Å². The van der Waals surface area contributed by atoms with E-state index < -0.39 is 5.91 Å². The molecule has 1 amide bonds. The monoisotopic (exact) mass is 284 g/mol. The van der Waals surface area contributed by atoms with Gasteiger partial charge in [-0.25, -0.2) is 0 Å². The molecule has 0 bridgehead atoms. The average molecular weight is 284 g/mol. The first-order valence-electron chi connectivity index (χ1n) is 6.79. The van der Waals surface area contributed by atoms with Gasteiger partial charge in [0.05, 0.1) is 5.56 Å². The van der Waals surface area contributed by atoms with Crippen LogP contribution in [0.2, 0.25) is 0 Å². The van der Waals surface area contributed by atoms with Crippen molar-refractivity contribution >= 4 is 11.6 Å². The van der Waals surface area contributed by atoms with Gasteiger partial charge in [0.2, 0.25) is 0 Å². The third-order valence-corrected chi connectivity index (χ3v) is 3.58. The Kier molecular flexibility index (Phi) is 3.50. The number of hydrogen-bond donors (Lipinski definition) is 4. The normalized spacial score (nSPS) is 13.5. The molecule has 1 aliphatic heterocycles. The van der Waals surface area contributed by atoms with Crippen molar-refractivity contribution in [2.45, 2.75) is 13.0 Å². The molecule has 0 fully saturated rings. The number of fused-ring (bicyclic) bond motifs is 1. The van der Waals surface area contributed by atoms with Crippen LogP contribution >= 0.6 is 0 Å². The lowest BCUT2D eigenvalue weighted by atomic mass is 10.0. The zero-order valence-electron chi connectivity index (χ0n) is 11.4. The van der Waals surface area contributed by atoms with Crippen LogP contribution in [0.25, 0.3) is 0 Å². The summed E-state index contributed by atoms with van der Waals surface area (Å²) in [6.07, 6.45) is 0.983. The maximum atomic E-state index is 12.2. The van der Waals surface area contributed by atoms with Crippen LogP contribution in [0.15, 0.2) is 36.4 Å². The van der Waals surface area contributed by atoms with Gasteiger partial charge in [-0.1, -0.05) is 6.07 Å². The van der Waals surface area contributed by atoms with Crippen molar-refractivity contribution in [1.82, 2.24) is 5.32 Å². The number of nitrogens with one attached hydrogen (secondary N) is 2. The topological polar surface area (TPSA) is 81.6 Å². The summed E-state index contributed by atoms with van der Waals surface area (Å²) in [5, 5.41) is 25.1. The molecule has 1 aliphatic rings. The van der Waals surface area contributed by atoms with E-state index in [0.29, 0.717) is 5.69 Å². The molecule has 2 aromatic carbocycles. The van der Waals surface area contributed by atoms with Crippen molar-refractivity contribution in [1.29, 1.82) is 0 Å². The van der Waals surface area contributed by atoms with Gasteiger partial charge in [-0.05, 0) is 54.4 Å². The van der Waals surface area contributed by atoms with Gasteiger partial charge in [0, 0.05) is 12.2 Å². The summed E-state index contributed by atoms with van der Waals surface area (Å²) in [7, 11) is 0. The van der Waals surface area contributed by atoms with Gasteiger partial charge >= 0.3 is 0 Å². The first kappa shape index (κ1) is 13.5. The Labute approximate surface area is 122 Å². The number of amides is 1. The van der Waals surface area contributed by atoms with Gasteiger partial charge in [-0.3, -0.25) is 4.79 Å². The predicted molar refractivity (Wildman–Crippen MR) is 79.6 cm³/mol. The fourth-order valence-corrected chi connectivity index (χ4v) is 2.46. The average Bonchev–Trinajstić information content (AvgIpc) is 2.49. The SMILES string of the molecule is O=C(Nc1ccc2c(c1)CNCC2)c1cc(O)ccc1O. The molecule has 0 aliphatic carbocycles. The zero-order chi connectivity index (χ0) is 14.8. The van der Waals surface area contributed by atoms with Crippen molar-refractivity contribution < 1.29 is 15.0 Å². The van der Waals surface area contributed by atoms with Crippen LogP contribution < -0.4 is 10.6 Å². The maximum absolute atomic E-state index is 12.2. The van der Waals surface area contributed by atoms with Crippen LogP contribution in [0.3, 0.4) is 0 Å². The lowest BCUT2D eigenvalue weighted by molar-refractivity contribution is 0.102. The van der Waals surface area contributed by atoms with E-state index in [4.69, 9.17) is 0 Å². The van der Waals surface area contributed by atoms with Crippen LogP contribution in [0.5, 0.6) is 11.5 Å². The highest BCUT2D eigenvalue weighted by Gasteiger charge is 2.14. The molecule has 0 radical (unpaired) electrons. The molecular formula is C16H16N2O3. The first-order valence-corrected chi connectivity index (χ1v) is 6.79. The molecule has 0 spiro atoms. The van der Waals surface area contributed by atoms with Crippen LogP contribution in [-0.4, -0.2) is 22.7 Å². The fraction of sp³-hybridized carbons (Fsp3) is 0.188. The predicted octanol–water partition coefficient (Wildman–Crippen LogP) is 2.00. The molecule has 5 heteroatoms. The van der Waals surface area contributed by atoms with E-state index in [1.54, 1.807) is 0 Å². The number of carbonyl (C=O) groups is 1. The van der Waals surface area contributed by atoms with E-state index in [2.05, 4.69) is 10.6 Å². The number of benzene rings is 2. The Balaban J connectivity index is 1.83. The van der Waals surface area contributed by atoms with Crippen molar-refractivity contribution in [2.24, 2.45) is 0 Å². The largest absolute Gasteiger partial charge is 0.508 e. The van der Waals surface area contributed by atoms with Crippen molar-refractivity contribution in [3.05, 3.63) is 53.1 Å². The molecular weight excluding hydrogens is 268 g/mol. The highest BCUT2D eigenvalue weighted by atomic mass is 16.3. The van der Waals surface area contributed by atoms with Crippen molar-refractivity contribution in [2.75, 3.05) is 11.9 Å². The molecule has 1 heterocycles. The van der Waals surface area contributed by atoms with E-state index in [-0.39, 0.29) is 17.1 Å². The molecule has 108 valence electrons. The van der Waals surface area contributed by atoms with Gasteiger partial charge in [-0.15, -0.1) is 0 Å². The molecule has 3 rings (SSSR count). The molecule has 2 aromatic rings. The standard InChI is InChI=1S/C16H16N2O3/c19-13-3-4-15(20)14(8-13)16(21)18-12-2-1-10-5-6-17-9-11(10)7-12/h1-4,7-8,17,19-20H,5-6,9H2,(H,18,21). The number of anilines is 1. The highest BCUT2D eigenvalue weighted by Crippen LogP contribution is 2.24. The molecule has 0 aromatic heterocycles. The summed E-state index contributed by atoms with van der Waals surface area (Å²) in [4.78, 5) is 12.2. The van der Waals surface area contributed by atoms with E-state index in [1.165, 1.54) is 29.3 Å². The molecule has 0 saturated heterocycles. The summed E-state index contributed by atoms with van der Waals surface area (Å²) >= 11 is 0. The summed E-state index contributed by atoms with van der Waals surface area (Å²) < 4.78 is 0. The van der Waals surface area contributed by atoms with E-state index in [1.807, 2.05) is 18.2 Å². The summed E-state index contributed by atoms with van der Waals surface area (Å²) in [6, 6.07) is 9.65. The quantitative estimate of drug-likeness (QED) is 0.636. The lowest BCUT2D eigenvalue weighted by Crippen LogP contribution is -2.23. The zero-order valence-corrected chi connectivity index (χ0v) is 11.4. The summed E-state index contributed by atoms with van der Waals surface area (Å²) in [5.74, 6) is -0.676. The van der Waals surface area contributed by atoms with Gasteiger partial charge in [0.1, 0.15) is 11.5 Å². The number of hydrogen-bond acceptors (Lipinski definition) is 4. The molecule has 0 atom stereocenters. The lowest BCUT2D eigenvalue weighted by Gasteiger charge is -2.18. The maximum Gasteiger partial charge on any atom is 0.259 e. The van der Waals surface area contributed by atoms with Gasteiger partial charge < -0.3 is 20.8 Å². The van der Waals surface area contributed by atoms with Crippen molar-refractivity contribution in [3.63, 3.8) is 0 Å². The molecule has 21 heavy (non-hydrogen) atoms. The van der Waals surface area contributed by atoms with Crippen molar-refractivity contribution in [3.8, 4) is 11.5 Å². The first-order chi connectivity index (χ1) is 10.1. The van der Waals surface area contributed by atoms with Gasteiger partial charge in [-0.2, -0.15) is 0 Å². The highest BCUT2D eigenvalue weighted by molar-refractivity contribution is 6.06. The second kappa shape index (κ2) is 5.46. The molecule has 5 nitrogen and oxygen atoms in total. The second-order valence-corrected chi connectivity index (χ2v) is 5.07. The minimum Gasteiger partial charge on any atom is -0.508 e. The smallest absolute Gasteiger partial charge is 0.259 e. The Morgan fingerprint density at radius 3 is 2.81 bits per heavy atom. The third-order valence-electron chi connectivity index (χ3n) is 3.58. The van der Waals surface area contributed by atoms with E-state index in [9.17, 15) is 15.0 Å². The molecule has 0 unspecified atom stereocenters. The van der Waals surface area contributed by atoms with Crippen LogP contribution in [-0.2, 0) is 13.0 Å². The minimum atomic E-state index is -0.452.